The fourth-order valence-corrected chi connectivity index (χ4v) is 7.95. The number of hydrogen-bond acceptors (Lipinski definition) is 5. The smallest absolute Gasteiger partial charge is 0.240 e. The van der Waals surface area contributed by atoms with Gasteiger partial charge in [-0.2, -0.15) is 0 Å². The van der Waals surface area contributed by atoms with Crippen molar-refractivity contribution in [1.29, 1.82) is 0 Å². The third-order valence-corrected chi connectivity index (χ3v) is 10.7. The van der Waals surface area contributed by atoms with E-state index in [0.29, 0.717) is 32.7 Å². The van der Waals surface area contributed by atoms with Crippen molar-refractivity contribution in [3.8, 4) is 0 Å². The average Bonchev–Trinajstić information content (AvgIpc) is 3.60. The number of halogens is 1. The summed E-state index contributed by atoms with van der Waals surface area (Å²) in [5.41, 5.74) is 1.29. The number of ether oxygens (including phenoxy) is 1. The molecule has 0 radical (unpaired) electrons. The van der Waals surface area contributed by atoms with Crippen molar-refractivity contribution in [3.63, 3.8) is 0 Å². The number of carbonyl (C=O) groups excluding carboxylic acids is 2. The molecule has 3 aliphatic heterocycles. The Bertz CT molecular complexity index is 1080. The zero-order valence-electron chi connectivity index (χ0n) is 26.7. The molecule has 2 amide bonds. The van der Waals surface area contributed by atoms with Crippen LogP contribution >= 0.6 is 11.6 Å². The minimum absolute atomic E-state index is 0.0146. The van der Waals surface area contributed by atoms with Gasteiger partial charge in [0.15, 0.2) is 0 Å². The average molecular weight is 601 g/mol. The molecule has 4 atom stereocenters. The normalized spacial score (nSPS) is 31.6. The van der Waals surface area contributed by atoms with E-state index in [4.69, 9.17) is 16.3 Å². The zero-order valence-corrected chi connectivity index (χ0v) is 27.5. The van der Waals surface area contributed by atoms with Gasteiger partial charge in [0.1, 0.15) is 0 Å². The largest absolute Gasteiger partial charge is 0.378 e. The van der Waals surface area contributed by atoms with Gasteiger partial charge >= 0.3 is 0 Å². The molecule has 1 aliphatic carbocycles. The summed E-state index contributed by atoms with van der Waals surface area (Å²) in [6, 6.07) is 8.55. The molecular formula is C34H53ClN4O3. The summed E-state index contributed by atoms with van der Waals surface area (Å²) < 4.78 is 5.60. The van der Waals surface area contributed by atoms with Crippen LogP contribution in [-0.4, -0.2) is 107 Å². The first-order chi connectivity index (χ1) is 19.9. The minimum Gasteiger partial charge on any atom is -0.378 e. The Morgan fingerprint density at radius 3 is 2.19 bits per heavy atom. The molecule has 1 saturated carbocycles. The summed E-state index contributed by atoms with van der Waals surface area (Å²) in [4.78, 5) is 37.6. The molecule has 1 aromatic rings. The Labute approximate surface area is 258 Å². The Hall–Kier alpha value is -1.67. The molecule has 7 nitrogen and oxygen atoms in total. The van der Waals surface area contributed by atoms with Crippen molar-refractivity contribution in [2.75, 3.05) is 45.9 Å². The summed E-state index contributed by atoms with van der Waals surface area (Å²) in [5.74, 6) is 1.37. The third kappa shape index (κ3) is 6.85. The predicted molar refractivity (Wildman–Crippen MR) is 169 cm³/mol. The molecule has 0 bridgehead atoms. The first-order valence-corrected chi connectivity index (χ1v) is 16.8. The number of amides is 2. The van der Waals surface area contributed by atoms with Gasteiger partial charge in [0, 0.05) is 73.2 Å². The molecule has 3 heterocycles. The van der Waals surface area contributed by atoms with Gasteiger partial charge in [0.05, 0.1) is 19.3 Å². The van der Waals surface area contributed by atoms with Crippen molar-refractivity contribution < 1.29 is 14.3 Å². The van der Waals surface area contributed by atoms with E-state index in [1.54, 1.807) is 0 Å². The summed E-state index contributed by atoms with van der Waals surface area (Å²) >= 11 is 6.31. The molecule has 5 rings (SSSR count). The van der Waals surface area contributed by atoms with Gasteiger partial charge in [-0.05, 0) is 76.5 Å². The van der Waals surface area contributed by atoms with E-state index < -0.39 is 0 Å². The second-order valence-electron chi connectivity index (χ2n) is 14.7. The predicted octanol–water partition coefficient (Wildman–Crippen LogP) is 5.27. The maximum absolute atomic E-state index is 14.3. The van der Waals surface area contributed by atoms with Gasteiger partial charge in [0.25, 0.3) is 0 Å². The highest BCUT2D eigenvalue weighted by Gasteiger charge is 2.51. The molecule has 42 heavy (non-hydrogen) atoms. The summed E-state index contributed by atoms with van der Waals surface area (Å²) in [6.07, 6.45) is 5.17. The van der Waals surface area contributed by atoms with E-state index in [2.05, 4.69) is 54.5 Å². The van der Waals surface area contributed by atoms with Crippen molar-refractivity contribution >= 4 is 23.4 Å². The highest BCUT2D eigenvalue weighted by atomic mass is 35.5. The topological polar surface area (TPSA) is 56.3 Å². The standard InChI is InChI=1S/C34H53ClN4O3/c1-23(2)32(40)39(27-13-7-24(3)8-14-27)28-19-30(33(41)36-15-17-42-18-16-36)38(20-28)31-22-37(34(4,5)6)21-29(31)25-9-11-26(35)12-10-25/h9-12,23-24,27-31H,7-8,13-22H2,1-6H3/t24?,27?,28-,29-,30-,31+/m0/s1. The van der Waals surface area contributed by atoms with Crippen molar-refractivity contribution in [1.82, 2.24) is 19.6 Å². The number of likely N-dealkylation sites (tertiary alicyclic amines) is 2. The van der Waals surface area contributed by atoms with Gasteiger partial charge in [0.2, 0.25) is 11.8 Å². The quantitative estimate of drug-likeness (QED) is 0.445. The fourth-order valence-electron chi connectivity index (χ4n) is 7.83. The number of nitrogens with zero attached hydrogens (tertiary/aromatic N) is 4. The van der Waals surface area contributed by atoms with Crippen LogP contribution in [0.25, 0.3) is 0 Å². The molecule has 0 unspecified atom stereocenters. The van der Waals surface area contributed by atoms with Crippen molar-refractivity contribution in [3.05, 3.63) is 34.9 Å². The van der Waals surface area contributed by atoms with Crippen LogP contribution in [0.4, 0.5) is 0 Å². The molecule has 1 aromatic carbocycles. The minimum atomic E-state index is -0.238. The van der Waals surface area contributed by atoms with Crippen LogP contribution in [0, 0.1) is 11.8 Å². The van der Waals surface area contributed by atoms with E-state index in [0.717, 1.165) is 43.4 Å². The molecular weight excluding hydrogens is 548 g/mol. The zero-order chi connectivity index (χ0) is 30.2. The Balaban J connectivity index is 1.50. The Kier molecular flexibility index (Phi) is 9.93. The van der Waals surface area contributed by atoms with Gasteiger partial charge in [-0.3, -0.25) is 19.4 Å². The van der Waals surface area contributed by atoms with Crippen LogP contribution in [0.2, 0.25) is 5.02 Å². The van der Waals surface area contributed by atoms with E-state index in [1.807, 2.05) is 30.9 Å². The summed E-state index contributed by atoms with van der Waals surface area (Å²) in [6.45, 7) is 18.3. The number of hydrogen-bond donors (Lipinski definition) is 0. The van der Waals surface area contributed by atoms with Gasteiger partial charge in [-0.15, -0.1) is 0 Å². The maximum Gasteiger partial charge on any atom is 0.240 e. The Morgan fingerprint density at radius 2 is 1.60 bits per heavy atom. The van der Waals surface area contributed by atoms with E-state index in [9.17, 15) is 9.59 Å². The van der Waals surface area contributed by atoms with E-state index >= 15 is 0 Å². The lowest BCUT2D eigenvalue weighted by molar-refractivity contribution is -0.142. The second kappa shape index (κ2) is 13.1. The van der Waals surface area contributed by atoms with Gasteiger partial charge in [-0.25, -0.2) is 0 Å². The molecule has 234 valence electrons. The lowest BCUT2D eigenvalue weighted by Crippen LogP contribution is -2.54. The summed E-state index contributed by atoms with van der Waals surface area (Å²) in [7, 11) is 0. The highest BCUT2D eigenvalue weighted by molar-refractivity contribution is 6.30. The molecule has 4 aliphatic rings. The second-order valence-corrected chi connectivity index (χ2v) is 15.1. The fraction of sp³-hybridized carbons (Fsp3) is 0.765. The van der Waals surface area contributed by atoms with Crippen molar-refractivity contribution in [2.45, 2.75) is 109 Å². The molecule has 0 spiro atoms. The van der Waals surface area contributed by atoms with Crippen LogP contribution in [0.3, 0.4) is 0 Å². The molecule has 3 saturated heterocycles. The third-order valence-electron chi connectivity index (χ3n) is 10.4. The number of rotatable bonds is 6. The van der Waals surface area contributed by atoms with E-state index in [-0.39, 0.29) is 53.4 Å². The monoisotopic (exact) mass is 600 g/mol. The van der Waals surface area contributed by atoms with Crippen LogP contribution in [-0.2, 0) is 14.3 Å². The first kappa shape index (κ1) is 31.7. The first-order valence-electron chi connectivity index (χ1n) is 16.4. The lowest BCUT2D eigenvalue weighted by Gasteiger charge is -2.41. The summed E-state index contributed by atoms with van der Waals surface area (Å²) in [5, 5.41) is 0.743. The van der Waals surface area contributed by atoms with Crippen molar-refractivity contribution in [2.24, 2.45) is 11.8 Å². The number of carbonyl (C=O) groups is 2. The van der Waals surface area contributed by atoms with Gasteiger partial charge in [-0.1, -0.05) is 44.5 Å². The molecule has 0 aromatic heterocycles. The lowest BCUT2D eigenvalue weighted by atomic mass is 9.85. The van der Waals surface area contributed by atoms with Crippen LogP contribution < -0.4 is 0 Å². The highest BCUT2D eigenvalue weighted by Crippen LogP contribution is 2.41. The number of benzene rings is 1. The SMILES string of the molecule is CC1CCC(N(C(=O)C(C)C)[C@H]2C[C@@H](C(=O)N3CCOCC3)N([C@@H]3CN(C(C)(C)C)C[C@H]3c3ccc(Cl)cc3)C2)CC1. The Morgan fingerprint density at radius 1 is 0.952 bits per heavy atom. The molecule has 8 heteroatoms. The van der Waals surface area contributed by atoms with Gasteiger partial charge < -0.3 is 14.5 Å². The number of morpholine rings is 1. The molecule has 0 N–H and O–H groups in total. The van der Waals surface area contributed by atoms with E-state index in [1.165, 1.54) is 18.4 Å². The maximum atomic E-state index is 14.3. The molecule has 4 fully saturated rings. The van der Waals surface area contributed by atoms with Crippen LogP contribution in [0.1, 0.15) is 85.1 Å². The van der Waals surface area contributed by atoms with Crippen LogP contribution in [0.5, 0.6) is 0 Å². The van der Waals surface area contributed by atoms with Crippen LogP contribution in [0.15, 0.2) is 24.3 Å².